The van der Waals surface area contributed by atoms with Gasteiger partial charge in [0, 0.05) is 11.1 Å². The lowest BCUT2D eigenvalue weighted by Gasteiger charge is -2.19. The van der Waals surface area contributed by atoms with Crippen LogP contribution in [0.2, 0.25) is 0 Å². The Bertz CT molecular complexity index is 473. The standard InChI is InChI=1S/C13H21N3O3S/c1-5-9-6-14-11(20-9)8(4)15-13(19)16-10(7(2)3)12(17)18/h6-8,10H,5H2,1-4H3,(H,17,18)(H2,15,16,19). The maximum Gasteiger partial charge on any atom is 0.326 e. The first kappa shape index (κ1) is 16.4. The number of aliphatic carboxylic acids is 1. The van der Waals surface area contributed by atoms with Crippen LogP contribution < -0.4 is 10.6 Å². The maximum atomic E-state index is 11.8. The van der Waals surface area contributed by atoms with E-state index in [2.05, 4.69) is 15.6 Å². The number of carbonyl (C=O) groups is 2. The molecular formula is C13H21N3O3S. The molecule has 3 N–H and O–H groups in total. The summed E-state index contributed by atoms with van der Waals surface area (Å²) in [5.41, 5.74) is 0. The van der Waals surface area contributed by atoms with Gasteiger partial charge in [-0.3, -0.25) is 0 Å². The van der Waals surface area contributed by atoms with E-state index in [1.165, 1.54) is 0 Å². The van der Waals surface area contributed by atoms with Gasteiger partial charge < -0.3 is 15.7 Å². The predicted molar refractivity (Wildman–Crippen MR) is 77.8 cm³/mol. The number of amides is 2. The minimum absolute atomic E-state index is 0.180. The molecule has 0 aromatic carbocycles. The van der Waals surface area contributed by atoms with Gasteiger partial charge >= 0.3 is 12.0 Å². The third-order valence-corrected chi connectivity index (χ3v) is 4.18. The summed E-state index contributed by atoms with van der Waals surface area (Å²) in [5.74, 6) is -1.22. The molecular weight excluding hydrogens is 278 g/mol. The Kier molecular flexibility index (Phi) is 5.94. The first-order valence-electron chi connectivity index (χ1n) is 6.59. The van der Waals surface area contributed by atoms with Crippen LogP contribution in [0.5, 0.6) is 0 Å². The van der Waals surface area contributed by atoms with E-state index in [0.29, 0.717) is 0 Å². The summed E-state index contributed by atoms with van der Waals surface area (Å²) < 4.78 is 0. The Morgan fingerprint density at radius 1 is 1.35 bits per heavy atom. The molecule has 0 fully saturated rings. The number of carbonyl (C=O) groups excluding carboxylic acids is 1. The molecule has 0 aliphatic carbocycles. The van der Waals surface area contributed by atoms with Gasteiger partial charge in [-0.05, 0) is 19.3 Å². The van der Waals surface area contributed by atoms with Gasteiger partial charge in [-0.15, -0.1) is 11.3 Å². The Labute approximate surface area is 122 Å². The molecule has 7 heteroatoms. The molecule has 0 radical (unpaired) electrons. The van der Waals surface area contributed by atoms with Crippen molar-refractivity contribution in [2.75, 3.05) is 0 Å². The summed E-state index contributed by atoms with van der Waals surface area (Å²) in [4.78, 5) is 28.2. The van der Waals surface area contributed by atoms with Gasteiger partial charge in [-0.25, -0.2) is 14.6 Å². The van der Waals surface area contributed by atoms with Crippen molar-refractivity contribution in [3.8, 4) is 0 Å². The van der Waals surface area contributed by atoms with E-state index < -0.39 is 18.0 Å². The van der Waals surface area contributed by atoms with Crippen LogP contribution in [-0.4, -0.2) is 28.1 Å². The van der Waals surface area contributed by atoms with E-state index in [9.17, 15) is 9.59 Å². The first-order chi connectivity index (χ1) is 9.35. The van der Waals surface area contributed by atoms with Crippen LogP contribution in [0, 0.1) is 5.92 Å². The highest BCUT2D eigenvalue weighted by Crippen LogP contribution is 2.20. The zero-order valence-corrected chi connectivity index (χ0v) is 13.0. The fourth-order valence-electron chi connectivity index (χ4n) is 1.64. The average Bonchev–Trinajstić information content (AvgIpc) is 2.83. The molecule has 112 valence electrons. The van der Waals surface area contributed by atoms with Crippen LogP contribution in [0.3, 0.4) is 0 Å². The lowest BCUT2D eigenvalue weighted by molar-refractivity contribution is -0.140. The van der Waals surface area contributed by atoms with Crippen molar-refractivity contribution in [1.29, 1.82) is 0 Å². The van der Waals surface area contributed by atoms with Crippen LogP contribution in [0.15, 0.2) is 6.20 Å². The highest BCUT2D eigenvalue weighted by atomic mass is 32.1. The van der Waals surface area contributed by atoms with Crippen LogP contribution in [0.4, 0.5) is 4.79 Å². The third kappa shape index (κ3) is 4.48. The third-order valence-electron chi connectivity index (χ3n) is 2.86. The molecule has 1 aromatic heterocycles. The molecule has 1 rings (SSSR count). The zero-order valence-electron chi connectivity index (χ0n) is 12.1. The van der Waals surface area contributed by atoms with Gasteiger partial charge in [-0.2, -0.15) is 0 Å². The van der Waals surface area contributed by atoms with E-state index in [1.807, 2.05) is 13.8 Å². The van der Waals surface area contributed by atoms with Crippen LogP contribution in [0.25, 0.3) is 0 Å². The first-order valence-corrected chi connectivity index (χ1v) is 7.41. The van der Waals surface area contributed by atoms with Crippen molar-refractivity contribution in [1.82, 2.24) is 15.6 Å². The molecule has 2 atom stereocenters. The summed E-state index contributed by atoms with van der Waals surface area (Å²) >= 11 is 1.54. The number of carboxylic acid groups (broad SMARTS) is 1. The number of urea groups is 1. The van der Waals surface area contributed by atoms with E-state index in [0.717, 1.165) is 16.3 Å². The van der Waals surface area contributed by atoms with Crippen LogP contribution in [-0.2, 0) is 11.2 Å². The molecule has 0 bridgehead atoms. The van der Waals surface area contributed by atoms with Crippen molar-refractivity contribution in [3.05, 3.63) is 16.1 Å². The topological polar surface area (TPSA) is 91.3 Å². The summed E-state index contributed by atoms with van der Waals surface area (Å²) in [5, 5.41) is 15.0. The van der Waals surface area contributed by atoms with Gasteiger partial charge in [0.15, 0.2) is 0 Å². The second-order valence-electron chi connectivity index (χ2n) is 4.92. The predicted octanol–water partition coefficient (Wildman–Crippen LogP) is 2.17. The van der Waals surface area contributed by atoms with E-state index >= 15 is 0 Å². The van der Waals surface area contributed by atoms with E-state index in [-0.39, 0.29) is 12.0 Å². The number of carboxylic acids is 1. The molecule has 0 spiro atoms. The largest absolute Gasteiger partial charge is 0.480 e. The molecule has 1 heterocycles. The lowest BCUT2D eigenvalue weighted by atomic mass is 10.1. The van der Waals surface area contributed by atoms with Crippen LogP contribution >= 0.6 is 11.3 Å². The average molecular weight is 299 g/mol. The number of thiazole rings is 1. The number of hydrogen-bond acceptors (Lipinski definition) is 4. The number of rotatable bonds is 6. The molecule has 0 aliphatic rings. The smallest absolute Gasteiger partial charge is 0.326 e. The van der Waals surface area contributed by atoms with Crippen molar-refractivity contribution in [2.24, 2.45) is 5.92 Å². The van der Waals surface area contributed by atoms with Crippen LogP contribution in [0.1, 0.15) is 43.6 Å². The monoisotopic (exact) mass is 299 g/mol. The molecule has 6 nitrogen and oxygen atoms in total. The number of aryl methyl sites for hydroxylation is 1. The van der Waals surface area contributed by atoms with E-state index in [4.69, 9.17) is 5.11 Å². The van der Waals surface area contributed by atoms with Crippen molar-refractivity contribution < 1.29 is 14.7 Å². The molecule has 1 aromatic rings. The summed E-state index contributed by atoms with van der Waals surface area (Å²) in [6, 6.07) is -1.64. The number of nitrogens with zero attached hydrogens (tertiary/aromatic N) is 1. The van der Waals surface area contributed by atoms with Gasteiger partial charge in [0.25, 0.3) is 0 Å². The summed E-state index contributed by atoms with van der Waals surface area (Å²) in [6.45, 7) is 7.36. The fraction of sp³-hybridized carbons (Fsp3) is 0.615. The molecule has 2 unspecified atom stereocenters. The second kappa shape index (κ2) is 7.23. The Hall–Kier alpha value is -1.63. The number of nitrogens with one attached hydrogen (secondary N) is 2. The molecule has 0 saturated heterocycles. The SMILES string of the molecule is CCc1cnc(C(C)NC(=O)NC(C(=O)O)C(C)C)s1. The van der Waals surface area contributed by atoms with Crippen molar-refractivity contribution in [2.45, 2.75) is 46.2 Å². The molecule has 2 amide bonds. The van der Waals surface area contributed by atoms with Crippen molar-refractivity contribution in [3.63, 3.8) is 0 Å². The number of hydrogen-bond donors (Lipinski definition) is 3. The van der Waals surface area contributed by atoms with Gasteiger partial charge in [0.1, 0.15) is 11.0 Å². The quantitative estimate of drug-likeness (QED) is 0.750. The molecule has 0 aliphatic heterocycles. The van der Waals surface area contributed by atoms with Crippen molar-refractivity contribution >= 4 is 23.3 Å². The minimum atomic E-state index is -1.04. The lowest BCUT2D eigenvalue weighted by Crippen LogP contribution is -2.49. The fourth-order valence-corrected chi connectivity index (χ4v) is 2.50. The normalized spacial score (nSPS) is 13.8. The Balaban J connectivity index is 2.59. The van der Waals surface area contributed by atoms with Gasteiger partial charge in [-0.1, -0.05) is 20.8 Å². The Morgan fingerprint density at radius 3 is 2.45 bits per heavy atom. The van der Waals surface area contributed by atoms with Gasteiger partial charge in [0.2, 0.25) is 0 Å². The molecule has 0 saturated carbocycles. The minimum Gasteiger partial charge on any atom is -0.480 e. The molecule has 20 heavy (non-hydrogen) atoms. The highest BCUT2D eigenvalue weighted by Gasteiger charge is 2.24. The highest BCUT2D eigenvalue weighted by molar-refractivity contribution is 7.11. The maximum absolute atomic E-state index is 11.8. The zero-order chi connectivity index (χ0) is 15.3. The second-order valence-corrected chi connectivity index (χ2v) is 6.06. The number of aromatic nitrogens is 1. The van der Waals surface area contributed by atoms with Gasteiger partial charge in [0.05, 0.1) is 6.04 Å². The summed E-state index contributed by atoms with van der Waals surface area (Å²) in [6.07, 6.45) is 2.70. The summed E-state index contributed by atoms with van der Waals surface area (Å²) in [7, 11) is 0. The van der Waals surface area contributed by atoms with E-state index in [1.54, 1.807) is 31.4 Å². The Morgan fingerprint density at radius 2 is 2.00 bits per heavy atom.